The molecule has 0 amide bonds. The molecular formula is C13H13BrF3N3. The van der Waals surface area contributed by atoms with Gasteiger partial charge in [-0.2, -0.15) is 18.3 Å². The minimum absolute atomic E-state index is 0.0320. The monoisotopic (exact) mass is 347 g/mol. The fourth-order valence-corrected chi connectivity index (χ4v) is 2.30. The number of nitrogens with zero attached hydrogens (tertiary/aromatic N) is 2. The van der Waals surface area contributed by atoms with Gasteiger partial charge in [0.2, 0.25) is 0 Å². The van der Waals surface area contributed by atoms with E-state index in [1.807, 2.05) is 13.1 Å². The van der Waals surface area contributed by atoms with Crippen molar-refractivity contribution >= 4 is 21.6 Å². The van der Waals surface area contributed by atoms with E-state index in [4.69, 9.17) is 0 Å². The Hall–Kier alpha value is -1.50. The second-order valence-corrected chi connectivity index (χ2v) is 5.36. The van der Waals surface area contributed by atoms with Crippen molar-refractivity contribution in [2.45, 2.75) is 19.1 Å². The molecule has 1 aromatic heterocycles. The van der Waals surface area contributed by atoms with Crippen molar-refractivity contribution in [3.05, 3.63) is 46.2 Å². The van der Waals surface area contributed by atoms with Gasteiger partial charge in [0.05, 0.1) is 17.8 Å². The van der Waals surface area contributed by atoms with Crippen molar-refractivity contribution in [2.75, 3.05) is 5.32 Å². The first-order valence-electron chi connectivity index (χ1n) is 5.89. The Morgan fingerprint density at radius 3 is 2.60 bits per heavy atom. The summed E-state index contributed by atoms with van der Waals surface area (Å²) in [5.74, 6) is 0. The molecule has 0 fully saturated rings. The third kappa shape index (κ3) is 3.33. The largest absolute Gasteiger partial charge is 0.417 e. The zero-order valence-electron chi connectivity index (χ0n) is 10.9. The molecule has 0 bridgehead atoms. The number of hydrogen-bond acceptors (Lipinski definition) is 2. The van der Waals surface area contributed by atoms with E-state index in [1.165, 1.54) is 6.07 Å². The number of aryl methyl sites for hydroxylation is 1. The summed E-state index contributed by atoms with van der Waals surface area (Å²) in [6.07, 6.45) is -0.879. The van der Waals surface area contributed by atoms with Crippen LogP contribution in [0.25, 0.3) is 0 Å². The molecule has 20 heavy (non-hydrogen) atoms. The number of hydrogen-bond donors (Lipinski definition) is 1. The zero-order chi connectivity index (χ0) is 14.9. The highest BCUT2D eigenvalue weighted by atomic mass is 79.9. The normalized spacial score (nSPS) is 13.3. The fourth-order valence-electron chi connectivity index (χ4n) is 1.83. The Morgan fingerprint density at radius 2 is 2.05 bits per heavy atom. The van der Waals surface area contributed by atoms with Crippen LogP contribution in [0.5, 0.6) is 0 Å². The van der Waals surface area contributed by atoms with E-state index in [0.717, 1.165) is 11.6 Å². The van der Waals surface area contributed by atoms with Crippen molar-refractivity contribution in [3.8, 4) is 0 Å². The smallest absolute Gasteiger partial charge is 0.378 e. The highest BCUT2D eigenvalue weighted by Gasteiger charge is 2.33. The number of rotatable bonds is 3. The van der Waals surface area contributed by atoms with Gasteiger partial charge in [-0.25, -0.2) is 0 Å². The Morgan fingerprint density at radius 1 is 1.35 bits per heavy atom. The summed E-state index contributed by atoms with van der Waals surface area (Å²) in [5.41, 5.74) is 0.627. The van der Waals surface area contributed by atoms with Gasteiger partial charge < -0.3 is 5.32 Å². The van der Waals surface area contributed by atoms with Crippen LogP contribution in [0.15, 0.2) is 35.1 Å². The average Bonchev–Trinajstić information content (AvgIpc) is 2.77. The molecule has 0 radical (unpaired) electrons. The van der Waals surface area contributed by atoms with Crippen molar-refractivity contribution in [2.24, 2.45) is 7.05 Å². The van der Waals surface area contributed by atoms with Gasteiger partial charge >= 0.3 is 6.18 Å². The van der Waals surface area contributed by atoms with Crippen molar-refractivity contribution in [3.63, 3.8) is 0 Å². The van der Waals surface area contributed by atoms with Gasteiger partial charge in [-0.05, 0) is 25.1 Å². The van der Waals surface area contributed by atoms with E-state index in [-0.39, 0.29) is 10.5 Å². The van der Waals surface area contributed by atoms with E-state index in [1.54, 1.807) is 24.0 Å². The summed E-state index contributed by atoms with van der Waals surface area (Å²) in [7, 11) is 1.79. The predicted molar refractivity (Wildman–Crippen MR) is 74.4 cm³/mol. The van der Waals surface area contributed by atoms with E-state index in [2.05, 4.69) is 26.3 Å². The van der Waals surface area contributed by atoms with Gasteiger partial charge in [0, 0.05) is 29.0 Å². The summed E-state index contributed by atoms with van der Waals surface area (Å²) >= 11 is 2.92. The standard InChI is InChI=1S/C13H13BrF3N3/c1-8(9-6-18-20(2)7-9)19-10-3-4-12(14)11(5-10)13(15,16)17/h3-8,19H,1-2H3. The summed E-state index contributed by atoms with van der Waals surface area (Å²) in [6.45, 7) is 1.87. The minimum atomic E-state index is -4.38. The SMILES string of the molecule is CC(Nc1ccc(Br)c(C(F)(F)F)c1)c1cnn(C)c1. The van der Waals surface area contributed by atoms with Crippen LogP contribution in [0.2, 0.25) is 0 Å². The van der Waals surface area contributed by atoms with Crippen LogP contribution in [0.3, 0.4) is 0 Å². The van der Waals surface area contributed by atoms with Crippen molar-refractivity contribution in [1.82, 2.24) is 9.78 Å². The molecule has 7 heteroatoms. The lowest BCUT2D eigenvalue weighted by Gasteiger charge is -2.16. The highest BCUT2D eigenvalue weighted by molar-refractivity contribution is 9.10. The topological polar surface area (TPSA) is 29.9 Å². The third-order valence-electron chi connectivity index (χ3n) is 2.88. The number of halogens is 4. The van der Waals surface area contributed by atoms with Crippen molar-refractivity contribution in [1.29, 1.82) is 0 Å². The average molecular weight is 348 g/mol. The molecular weight excluding hydrogens is 335 g/mol. The van der Waals surface area contributed by atoms with Gasteiger partial charge in [-0.15, -0.1) is 0 Å². The second-order valence-electron chi connectivity index (χ2n) is 4.51. The molecule has 2 aromatic rings. The lowest BCUT2D eigenvalue weighted by molar-refractivity contribution is -0.138. The Labute approximate surface area is 122 Å². The van der Waals surface area contributed by atoms with Crippen molar-refractivity contribution < 1.29 is 13.2 Å². The van der Waals surface area contributed by atoms with Crippen LogP contribution in [-0.4, -0.2) is 9.78 Å². The molecule has 1 aromatic carbocycles. The maximum absolute atomic E-state index is 12.8. The van der Waals surface area contributed by atoms with Crippen LogP contribution in [0, 0.1) is 0 Å². The molecule has 108 valence electrons. The first kappa shape index (κ1) is 14.9. The third-order valence-corrected chi connectivity index (χ3v) is 3.57. The maximum Gasteiger partial charge on any atom is 0.417 e. The summed E-state index contributed by atoms with van der Waals surface area (Å²) in [4.78, 5) is 0. The van der Waals surface area contributed by atoms with Gasteiger partial charge in [-0.1, -0.05) is 15.9 Å². The van der Waals surface area contributed by atoms with Gasteiger partial charge in [0.15, 0.2) is 0 Å². The lowest BCUT2D eigenvalue weighted by atomic mass is 10.1. The Balaban J connectivity index is 2.22. The first-order valence-corrected chi connectivity index (χ1v) is 6.68. The lowest BCUT2D eigenvalue weighted by Crippen LogP contribution is -2.09. The Bertz CT molecular complexity index is 607. The quantitative estimate of drug-likeness (QED) is 0.893. The molecule has 1 heterocycles. The summed E-state index contributed by atoms with van der Waals surface area (Å²) in [6, 6.07) is 3.95. The molecule has 1 unspecified atom stereocenters. The first-order chi connectivity index (χ1) is 9.27. The Kier molecular flexibility index (Phi) is 4.08. The van der Waals surface area contributed by atoms with Crippen LogP contribution in [0.1, 0.15) is 24.1 Å². The molecule has 0 saturated carbocycles. The predicted octanol–water partition coefficient (Wildman–Crippen LogP) is 4.37. The zero-order valence-corrected chi connectivity index (χ0v) is 12.5. The van der Waals surface area contributed by atoms with Gasteiger partial charge in [0.25, 0.3) is 0 Å². The van der Waals surface area contributed by atoms with E-state index < -0.39 is 11.7 Å². The highest BCUT2D eigenvalue weighted by Crippen LogP contribution is 2.36. The number of benzene rings is 1. The molecule has 0 aliphatic carbocycles. The number of nitrogens with one attached hydrogen (secondary N) is 1. The molecule has 0 saturated heterocycles. The summed E-state index contributed by atoms with van der Waals surface area (Å²) < 4.78 is 40.1. The van der Waals surface area contributed by atoms with Crippen LogP contribution >= 0.6 is 15.9 Å². The van der Waals surface area contributed by atoms with Gasteiger partial charge in [0.1, 0.15) is 0 Å². The molecule has 3 nitrogen and oxygen atoms in total. The van der Waals surface area contributed by atoms with Crippen LogP contribution in [-0.2, 0) is 13.2 Å². The molecule has 0 aliphatic heterocycles. The molecule has 0 aliphatic rings. The second kappa shape index (κ2) is 5.47. The molecule has 2 rings (SSSR count). The van der Waals surface area contributed by atoms with Crippen LogP contribution in [0.4, 0.5) is 18.9 Å². The molecule has 1 atom stereocenters. The molecule has 1 N–H and O–H groups in total. The fraction of sp³-hybridized carbons (Fsp3) is 0.308. The molecule has 0 spiro atoms. The number of anilines is 1. The van der Waals surface area contributed by atoms with Gasteiger partial charge in [-0.3, -0.25) is 4.68 Å². The summed E-state index contributed by atoms with van der Waals surface area (Å²) in [5, 5.41) is 7.08. The van der Waals surface area contributed by atoms with E-state index >= 15 is 0 Å². The van der Waals surface area contributed by atoms with Crippen LogP contribution < -0.4 is 5.32 Å². The minimum Gasteiger partial charge on any atom is -0.378 e. The number of alkyl halides is 3. The van der Waals surface area contributed by atoms with E-state index in [9.17, 15) is 13.2 Å². The number of aromatic nitrogens is 2. The maximum atomic E-state index is 12.8. The van der Waals surface area contributed by atoms with E-state index in [0.29, 0.717) is 5.69 Å².